The van der Waals surface area contributed by atoms with Crippen LogP contribution in [0.25, 0.3) is 10.8 Å². The van der Waals surface area contributed by atoms with Gasteiger partial charge < -0.3 is 29.7 Å². The molecule has 6 aliphatic rings. The Balaban J connectivity index is 1.11. The molecule has 2 aromatic rings. The summed E-state index contributed by atoms with van der Waals surface area (Å²) in [5, 5.41) is 6.94. The lowest BCUT2D eigenvalue weighted by Gasteiger charge is -2.33. The van der Waals surface area contributed by atoms with E-state index in [0.29, 0.717) is 65.8 Å². The van der Waals surface area contributed by atoms with Gasteiger partial charge in [-0.3, -0.25) is 19.1 Å². The van der Waals surface area contributed by atoms with Crippen molar-refractivity contribution in [2.45, 2.75) is 126 Å². The number of sulfonamides is 1. The lowest BCUT2D eigenvalue weighted by atomic mass is 9.88. The number of carbonyl (C=O) groups is 4. The van der Waals surface area contributed by atoms with Crippen molar-refractivity contribution in [2.24, 2.45) is 29.6 Å². The average molecular weight is 840 g/mol. The van der Waals surface area contributed by atoms with Crippen molar-refractivity contribution in [3.63, 3.8) is 0 Å². The Morgan fingerprint density at radius 1 is 1.03 bits per heavy atom. The summed E-state index contributed by atoms with van der Waals surface area (Å²) in [4.78, 5) is 63.0. The number of amides is 4. The topological polar surface area (TPSA) is 182 Å². The number of benzene rings is 1. The van der Waals surface area contributed by atoms with Crippen molar-refractivity contribution < 1.29 is 41.8 Å². The molecule has 5 fully saturated rings. The van der Waals surface area contributed by atoms with E-state index in [4.69, 9.17) is 25.8 Å². The summed E-state index contributed by atoms with van der Waals surface area (Å²) in [6.45, 7) is 6.38. The number of ether oxygens (including phenoxy) is 3. The molecule has 9 atom stereocenters. The molecule has 2 aliphatic heterocycles. The molecule has 0 radical (unpaired) electrons. The molecule has 8 rings (SSSR count). The number of alkyl carbamates (subject to hydrolysis) is 1. The molecule has 58 heavy (non-hydrogen) atoms. The van der Waals surface area contributed by atoms with Crippen LogP contribution in [0.3, 0.4) is 0 Å². The number of halogens is 1. The van der Waals surface area contributed by atoms with Crippen molar-refractivity contribution in [1.82, 2.24) is 25.2 Å². The van der Waals surface area contributed by atoms with Gasteiger partial charge in [-0.1, -0.05) is 50.6 Å². The van der Waals surface area contributed by atoms with E-state index in [9.17, 15) is 27.6 Å². The molecule has 1 aromatic carbocycles. The maximum absolute atomic E-state index is 15.0. The van der Waals surface area contributed by atoms with Gasteiger partial charge in [0.1, 0.15) is 29.8 Å². The SMILES string of the molecule is CCCOc1cc2c(Cl)cccc2c(OC2CC3C(=O)NC4(C(=O)NS(=O)(=O)C5CC5)CC4C=CCCC(C)CC(C)C(NC(=O)OC4CC5CC5C4)C(=O)N3C2)n1. The van der Waals surface area contributed by atoms with Crippen LogP contribution in [0, 0.1) is 29.6 Å². The third-order valence-electron chi connectivity index (χ3n) is 12.9. The van der Waals surface area contributed by atoms with Crippen molar-refractivity contribution in [1.29, 1.82) is 0 Å². The first-order valence-electron chi connectivity index (χ1n) is 21.0. The molecule has 3 N–H and O–H groups in total. The molecule has 16 heteroatoms. The van der Waals surface area contributed by atoms with E-state index >= 15 is 0 Å². The average Bonchev–Trinajstić information content (AvgIpc) is 4.14. The number of carbonyl (C=O) groups excluding carboxylic acids is 4. The molecule has 4 amide bonds. The van der Waals surface area contributed by atoms with Crippen LogP contribution >= 0.6 is 11.6 Å². The lowest BCUT2D eigenvalue weighted by Crippen LogP contribution is -2.59. The largest absolute Gasteiger partial charge is 0.478 e. The van der Waals surface area contributed by atoms with Crippen LogP contribution in [-0.4, -0.2) is 90.3 Å². The van der Waals surface area contributed by atoms with Crippen LogP contribution in [0.15, 0.2) is 36.4 Å². The van der Waals surface area contributed by atoms with Crippen LogP contribution in [0.4, 0.5) is 4.79 Å². The minimum absolute atomic E-state index is 0.0206. The minimum Gasteiger partial charge on any atom is -0.478 e. The van der Waals surface area contributed by atoms with Gasteiger partial charge in [-0.15, -0.1) is 0 Å². The molecule has 0 spiro atoms. The summed E-state index contributed by atoms with van der Waals surface area (Å²) in [5.41, 5.74) is -1.52. The molecule has 1 saturated heterocycles. The number of hydrogen-bond acceptors (Lipinski definition) is 10. The molecular formula is C42H54ClN5O9S. The Morgan fingerprint density at radius 3 is 2.55 bits per heavy atom. The van der Waals surface area contributed by atoms with Crippen molar-refractivity contribution >= 4 is 56.2 Å². The fourth-order valence-electron chi connectivity index (χ4n) is 9.28. The highest BCUT2D eigenvalue weighted by Crippen LogP contribution is 2.52. The van der Waals surface area contributed by atoms with Gasteiger partial charge in [-0.05, 0) is 100 Å². The predicted molar refractivity (Wildman–Crippen MR) is 215 cm³/mol. The highest BCUT2D eigenvalue weighted by Gasteiger charge is 2.62. The normalized spacial score (nSPS) is 33.4. The lowest BCUT2D eigenvalue weighted by molar-refractivity contribution is -0.142. The Hall–Kier alpha value is -4.11. The number of nitrogens with zero attached hydrogens (tertiary/aromatic N) is 2. The second-order valence-corrected chi connectivity index (χ2v) is 19.9. The molecule has 1 aromatic heterocycles. The minimum atomic E-state index is -3.91. The van der Waals surface area contributed by atoms with E-state index in [1.165, 1.54) is 11.3 Å². The predicted octanol–water partition coefficient (Wildman–Crippen LogP) is 5.41. The van der Waals surface area contributed by atoms with Crippen molar-refractivity contribution in [2.75, 3.05) is 13.2 Å². The summed E-state index contributed by atoms with van der Waals surface area (Å²) in [5.74, 6) is -0.788. The molecule has 4 aliphatic carbocycles. The van der Waals surface area contributed by atoms with Crippen LogP contribution in [0.2, 0.25) is 5.02 Å². The van der Waals surface area contributed by atoms with Crippen LogP contribution in [-0.2, 0) is 29.1 Å². The molecule has 3 heterocycles. The zero-order chi connectivity index (χ0) is 40.9. The quantitative estimate of drug-likeness (QED) is 0.262. The zero-order valence-electron chi connectivity index (χ0n) is 33.3. The second kappa shape index (κ2) is 16.2. The van der Waals surface area contributed by atoms with E-state index in [1.54, 1.807) is 18.2 Å². The maximum atomic E-state index is 15.0. The smallest absolute Gasteiger partial charge is 0.408 e. The summed E-state index contributed by atoms with van der Waals surface area (Å²) < 4.78 is 46.4. The summed E-state index contributed by atoms with van der Waals surface area (Å²) in [6.07, 6.45) is 9.03. The van der Waals surface area contributed by atoms with Crippen molar-refractivity contribution in [3.8, 4) is 11.8 Å². The van der Waals surface area contributed by atoms with Gasteiger partial charge >= 0.3 is 6.09 Å². The fraction of sp³-hybridized carbons (Fsp3) is 0.643. The number of fused-ring (bicyclic) bond motifs is 4. The zero-order valence-corrected chi connectivity index (χ0v) is 34.9. The van der Waals surface area contributed by atoms with Gasteiger partial charge in [0.15, 0.2) is 0 Å². The van der Waals surface area contributed by atoms with E-state index in [0.717, 1.165) is 25.7 Å². The number of aromatic nitrogens is 1. The summed E-state index contributed by atoms with van der Waals surface area (Å²) >= 11 is 6.61. The number of allylic oxidation sites excluding steroid dienone is 1. The standard InChI is InChI=1S/C42H54ClN5O9S/c1-4-14-55-35-20-32-31(10-7-11-33(32)43)38(44-35)56-29-19-34-37(49)46-42(40(51)47-58(53,54)30-12-13-30)21-27(42)9-6-5-8-23(2)15-24(3)36(39(50)48(34)22-29)45-41(52)57-28-17-25-16-26(25)18-28/h6-7,9-11,20,23-30,34,36H,4-5,8,12-19,21-22H2,1-3H3,(H,45,52)(H,46,49)(H,47,51). The molecule has 314 valence electrons. The Bertz CT molecular complexity index is 2090. The molecule has 0 bridgehead atoms. The second-order valence-electron chi connectivity index (χ2n) is 17.6. The Labute approximate surface area is 344 Å². The Kier molecular flexibility index (Phi) is 11.3. The number of pyridine rings is 1. The monoisotopic (exact) mass is 839 g/mol. The van der Waals surface area contributed by atoms with Gasteiger partial charge in [0, 0.05) is 34.2 Å². The first-order valence-corrected chi connectivity index (χ1v) is 22.9. The number of nitrogens with one attached hydrogen (secondary N) is 3. The molecule has 4 saturated carbocycles. The summed E-state index contributed by atoms with van der Waals surface area (Å²) in [6, 6.07) is 4.93. The van der Waals surface area contributed by atoms with Gasteiger partial charge in [-0.2, -0.15) is 4.98 Å². The van der Waals surface area contributed by atoms with Gasteiger partial charge in [0.25, 0.3) is 5.91 Å². The summed E-state index contributed by atoms with van der Waals surface area (Å²) in [7, 11) is -3.91. The highest BCUT2D eigenvalue weighted by molar-refractivity contribution is 7.91. The molecule has 14 nitrogen and oxygen atoms in total. The van der Waals surface area contributed by atoms with E-state index in [-0.39, 0.29) is 43.2 Å². The fourth-order valence-corrected chi connectivity index (χ4v) is 10.9. The van der Waals surface area contributed by atoms with Gasteiger partial charge in [-0.25, -0.2) is 13.2 Å². The van der Waals surface area contributed by atoms with E-state index < -0.39 is 68.7 Å². The third-order valence-corrected chi connectivity index (χ3v) is 15.0. The molecular weight excluding hydrogens is 786 g/mol. The van der Waals surface area contributed by atoms with Gasteiger partial charge in [0.05, 0.1) is 18.4 Å². The molecule has 9 unspecified atom stereocenters. The van der Waals surface area contributed by atoms with Crippen LogP contribution in [0.5, 0.6) is 11.8 Å². The van der Waals surface area contributed by atoms with Gasteiger partial charge in [0.2, 0.25) is 33.6 Å². The van der Waals surface area contributed by atoms with Crippen LogP contribution < -0.4 is 24.8 Å². The van der Waals surface area contributed by atoms with E-state index in [2.05, 4.69) is 27.3 Å². The highest BCUT2D eigenvalue weighted by atomic mass is 35.5. The third kappa shape index (κ3) is 8.62. The Morgan fingerprint density at radius 2 is 1.81 bits per heavy atom. The number of hydrogen-bond donors (Lipinski definition) is 3. The van der Waals surface area contributed by atoms with E-state index in [1.807, 2.05) is 32.1 Å². The maximum Gasteiger partial charge on any atom is 0.408 e. The van der Waals surface area contributed by atoms with Crippen LogP contribution in [0.1, 0.15) is 91.4 Å². The number of rotatable bonds is 10. The van der Waals surface area contributed by atoms with Crippen molar-refractivity contribution in [3.05, 3.63) is 41.4 Å². The first kappa shape index (κ1) is 40.7. The first-order chi connectivity index (χ1) is 27.7.